The molecule has 0 saturated carbocycles. The van der Waals surface area contributed by atoms with E-state index in [1.807, 2.05) is 66.9 Å². The smallest absolute Gasteiger partial charge is 0.233 e. The lowest BCUT2D eigenvalue weighted by Gasteiger charge is -2.27. The number of fused-ring (bicyclic) bond motifs is 1. The first-order valence-electron chi connectivity index (χ1n) is 9.27. The lowest BCUT2D eigenvalue weighted by Crippen LogP contribution is -2.33. The maximum Gasteiger partial charge on any atom is 0.233 e. The fourth-order valence-corrected chi connectivity index (χ4v) is 3.84. The standard InChI is InChI=1S/C22H20BrN5O/c1-14-8-7-11-27-19(13-24-21(14)27)20-18(23)12-25-22(26-20)28(16(3)29)15(2)17-9-5-4-6-10-17/h4-13,15H,1-3H3/t15-/m0/s1. The van der Waals surface area contributed by atoms with Crippen LogP contribution in [0, 0.1) is 6.92 Å². The average molecular weight is 450 g/mol. The minimum absolute atomic E-state index is 0.122. The normalized spacial score (nSPS) is 12.1. The van der Waals surface area contributed by atoms with Crippen LogP contribution in [0.1, 0.15) is 31.0 Å². The van der Waals surface area contributed by atoms with Gasteiger partial charge in [0.2, 0.25) is 11.9 Å². The summed E-state index contributed by atoms with van der Waals surface area (Å²) in [6.07, 6.45) is 5.42. The molecular weight excluding hydrogens is 430 g/mol. The SMILES string of the molecule is CC(=O)N(c1ncc(Br)c(-c2cnc3c(C)cccn23)n1)[C@@H](C)c1ccccc1. The Hall–Kier alpha value is -3.06. The zero-order chi connectivity index (χ0) is 20.5. The van der Waals surface area contributed by atoms with E-state index in [9.17, 15) is 4.79 Å². The number of benzene rings is 1. The zero-order valence-corrected chi connectivity index (χ0v) is 18.0. The van der Waals surface area contributed by atoms with Crippen LogP contribution in [0.15, 0.2) is 65.5 Å². The van der Waals surface area contributed by atoms with E-state index < -0.39 is 0 Å². The van der Waals surface area contributed by atoms with Crippen molar-refractivity contribution in [2.24, 2.45) is 0 Å². The van der Waals surface area contributed by atoms with Gasteiger partial charge in [0, 0.05) is 19.3 Å². The Balaban J connectivity index is 1.83. The van der Waals surface area contributed by atoms with Gasteiger partial charge in [-0.05, 0) is 47.0 Å². The monoisotopic (exact) mass is 449 g/mol. The molecule has 29 heavy (non-hydrogen) atoms. The Kier molecular flexibility index (Phi) is 5.15. The summed E-state index contributed by atoms with van der Waals surface area (Å²) in [6.45, 7) is 5.52. The maximum atomic E-state index is 12.5. The van der Waals surface area contributed by atoms with Crippen LogP contribution < -0.4 is 4.90 Å². The van der Waals surface area contributed by atoms with E-state index in [4.69, 9.17) is 4.98 Å². The number of imidazole rings is 1. The molecule has 3 aromatic heterocycles. The molecule has 3 heterocycles. The summed E-state index contributed by atoms with van der Waals surface area (Å²) in [4.78, 5) is 27.8. The third-order valence-corrected chi connectivity index (χ3v) is 5.51. The molecule has 0 aliphatic rings. The van der Waals surface area contributed by atoms with Gasteiger partial charge in [-0.2, -0.15) is 0 Å². The lowest BCUT2D eigenvalue weighted by atomic mass is 10.1. The van der Waals surface area contributed by atoms with Crippen LogP contribution in [-0.4, -0.2) is 25.3 Å². The number of halogens is 1. The predicted molar refractivity (Wildman–Crippen MR) is 117 cm³/mol. The number of nitrogens with zero attached hydrogens (tertiary/aromatic N) is 5. The number of pyridine rings is 1. The van der Waals surface area contributed by atoms with E-state index in [1.54, 1.807) is 17.3 Å². The largest absolute Gasteiger partial charge is 0.298 e. The number of anilines is 1. The van der Waals surface area contributed by atoms with Crippen LogP contribution >= 0.6 is 15.9 Å². The van der Waals surface area contributed by atoms with Crippen LogP contribution in [0.2, 0.25) is 0 Å². The Morgan fingerprint density at radius 2 is 1.86 bits per heavy atom. The average Bonchev–Trinajstić information content (AvgIpc) is 3.15. The summed E-state index contributed by atoms with van der Waals surface area (Å²) < 4.78 is 2.73. The molecule has 0 spiro atoms. The molecule has 1 amide bonds. The zero-order valence-electron chi connectivity index (χ0n) is 16.4. The number of aromatic nitrogens is 4. The second kappa shape index (κ2) is 7.75. The summed E-state index contributed by atoms with van der Waals surface area (Å²) in [5.41, 5.74) is 4.47. The van der Waals surface area contributed by atoms with E-state index >= 15 is 0 Å². The maximum absolute atomic E-state index is 12.5. The molecule has 0 saturated heterocycles. The van der Waals surface area contributed by atoms with Crippen LogP contribution in [-0.2, 0) is 4.79 Å². The number of rotatable bonds is 4. The van der Waals surface area contributed by atoms with E-state index in [-0.39, 0.29) is 11.9 Å². The Labute approximate surface area is 177 Å². The quantitative estimate of drug-likeness (QED) is 0.440. The number of hydrogen-bond acceptors (Lipinski definition) is 4. The molecule has 1 aromatic carbocycles. The van der Waals surface area contributed by atoms with Crippen molar-refractivity contribution >= 4 is 33.4 Å². The van der Waals surface area contributed by atoms with Crippen molar-refractivity contribution in [3.05, 3.63) is 76.7 Å². The first-order chi connectivity index (χ1) is 14.0. The molecule has 0 aliphatic heterocycles. The lowest BCUT2D eigenvalue weighted by molar-refractivity contribution is -0.117. The van der Waals surface area contributed by atoms with Crippen molar-refractivity contribution in [3.8, 4) is 11.4 Å². The molecule has 1 atom stereocenters. The first kappa shape index (κ1) is 19.3. The molecule has 0 N–H and O–H groups in total. The summed E-state index contributed by atoms with van der Waals surface area (Å²) in [5.74, 6) is 0.235. The molecule has 4 aromatic rings. The van der Waals surface area contributed by atoms with Gasteiger partial charge < -0.3 is 0 Å². The van der Waals surface area contributed by atoms with Crippen molar-refractivity contribution in [2.45, 2.75) is 26.8 Å². The van der Waals surface area contributed by atoms with Crippen molar-refractivity contribution < 1.29 is 4.79 Å². The third kappa shape index (κ3) is 3.53. The van der Waals surface area contributed by atoms with Crippen molar-refractivity contribution in [1.82, 2.24) is 19.4 Å². The number of aryl methyl sites for hydroxylation is 1. The van der Waals surface area contributed by atoms with Crippen molar-refractivity contribution in [3.63, 3.8) is 0 Å². The van der Waals surface area contributed by atoms with Gasteiger partial charge in [0.25, 0.3) is 0 Å². The molecular formula is C22H20BrN5O. The van der Waals surface area contributed by atoms with Crippen LogP contribution in [0.5, 0.6) is 0 Å². The molecule has 0 aliphatic carbocycles. The molecule has 0 fully saturated rings. The van der Waals surface area contributed by atoms with Gasteiger partial charge in [-0.1, -0.05) is 36.4 Å². The van der Waals surface area contributed by atoms with Gasteiger partial charge in [-0.3, -0.25) is 14.1 Å². The summed E-state index contributed by atoms with van der Waals surface area (Å²) >= 11 is 3.55. The highest BCUT2D eigenvalue weighted by molar-refractivity contribution is 9.10. The summed E-state index contributed by atoms with van der Waals surface area (Å²) in [5, 5.41) is 0. The van der Waals surface area contributed by atoms with Gasteiger partial charge in [-0.25, -0.2) is 15.0 Å². The highest BCUT2D eigenvalue weighted by atomic mass is 79.9. The van der Waals surface area contributed by atoms with Gasteiger partial charge in [-0.15, -0.1) is 0 Å². The second-order valence-corrected chi connectivity index (χ2v) is 7.72. The topological polar surface area (TPSA) is 63.4 Å². The molecule has 6 nitrogen and oxygen atoms in total. The molecule has 0 unspecified atom stereocenters. The molecule has 146 valence electrons. The van der Waals surface area contributed by atoms with Crippen molar-refractivity contribution in [1.29, 1.82) is 0 Å². The number of carbonyl (C=O) groups is 1. The van der Waals surface area contributed by atoms with Gasteiger partial charge in [0.05, 0.1) is 22.4 Å². The minimum atomic E-state index is -0.202. The number of hydrogen-bond donors (Lipinski definition) is 0. The van der Waals surface area contributed by atoms with Gasteiger partial charge in [0.15, 0.2) is 0 Å². The molecule has 4 rings (SSSR count). The van der Waals surface area contributed by atoms with Crippen LogP contribution in [0.3, 0.4) is 0 Å². The minimum Gasteiger partial charge on any atom is -0.298 e. The van der Waals surface area contributed by atoms with Crippen LogP contribution in [0.25, 0.3) is 17.0 Å². The highest BCUT2D eigenvalue weighted by Gasteiger charge is 2.24. The van der Waals surface area contributed by atoms with Crippen LogP contribution in [0.4, 0.5) is 5.95 Å². The molecule has 7 heteroatoms. The Bertz CT molecular complexity index is 1190. The predicted octanol–water partition coefficient (Wildman–Crippen LogP) is 4.98. The second-order valence-electron chi connectivity index (χ2n) is 6.87. The Morgan fingerprint density at radius 1 is 1.10 bits per heavy atom. The van der Waals surface area contributed by atoms with E-state index in [0.29, 0.717) is 11.6 Å². The fourth-order valence-electron chi connectivity index (χ4n) is 3.45. The van der Waals surface area contributed by atoms with E-state index in [1.165, 1.54) is 6.92 Å². The summed E-state index contributed by atoms with van der Waals surface area (Å²) in [7, 11) is 0. The number of amides is 1. The first-order valence-corrected chi connectivity index (χ1v) is 10.1. The highest BCUT2D eigenvalue weighted by Crippen LogP contribution is 2.31. The number of carbonyl (C=O) groups excluding carboxylic acids is 1. The molecule has 0 radical (unpaired) electrons. The molecule has 0 bridgehead atoms. The van der Waals surface area contributed by atoms with Crippen molar-refractivity contribution in [2.75, 3.05) is 4.90 Å². The summed E-state index contributed by atoms with van der Waals surface area (Å²) in [6, 6.07) is 13.6. The van der Waals surface area contributed by atoms with E-state index in [2.05, 4.69) is 25.9 Å². The fraction of sp³-hybridized carbons (Fsp3) is 0.182. The van der Waals surface area contributed by atoms with Gasteiger partial charge >= 0.3 is 0 Å². The Morgan fingerprint density at radius 3 is 2.59 bits per heavy atom. The van der Waals surface area contributed by atoms with Gasteiger partial charge in [0.1, 0.15) is 11.3 Å². The third-order valence-electron chi connectivity index (χ3n) is 4.93. The van der Waals surface area contributed by atoms with E-state index in [0.717, 1.165) is 26.9 Å².